The first-order valence-electron chi connectivity index (χ1n) is 9.04. The Morgan fingerprint density at radius 3 is 2.68 bits per heavy atom. The molecule has 132 valence electrons. The summed E-state index contributed by atoms with van der Waals surface area (Å²) >= 11 is 0. The Labute approximate surface area is 147 Å². The summed E-state index contributed by atoms with van der Waals surface area (Å²) in [5.41, 5.74) is 0.542. The first-order valence-corrected chi connectivity index (χ1v) is 9.04. The molecule has 2 heterocycles. The van der Waals surface area contributed by atoms with Crippen molar-refractivity contribution in [2.24, 2.45) is 5.92 Å². The van der Waals surface area contributed by atoms with E-state index in [-0.39, 0.29) is 5.92 Å². The van der Waals surface area contributed by atoms with E-state index in [1.54, 1.807) is 0 Å². The molecule has 0 radical (unpaired) electrons. The van der Waals surface area contributed by atoms with E-state index >= 15 is 0 Å². The fourth-order valence-corrected chi connectivity index (χ4v) is 4.51. The number of carbonyl (C=O) groups excluding carboxylic acids is 2. The minimum absolute atomic E-state index is 0.153. The number of esters is 2. The van der Waals surface area contributed by atoms with Gasteiger partial charge in [0.25, 0.3) is 0 Å². The monoisotopic (exact) mass is 341 g/mol. The number of nitrogens with zero attached hydrogens (tertiary/aromatic N) is 1. The minimum Gasteiger partial charge on any atom is -0.450 e. The molecule has 1 saturated carbocycles. The Balaban J connectivity index is 1.66. The lowest BCUT2D eigenvalue weighted by Gasteiger charge is -2.51. The Kier molecular flexibility index (Phi) is 4.12. The summed E-state index contributed by atoms with van der Waals surface area (Å²) in [6, 6.07) is 10.3. The molecule has 0 bridgehead atoms. The molecular formula is C20H23NO4. The number of rotatable bonds is 4. The molecule has 2 fully saturated rings. The zero-order valence-corrected chi connectivity index (χ0v) is 14.4. The second-order valence-corrected chi connectivity index (χ2v) is 7.17. The molecular weight excluding hydrogens is 318 g/mol. The van der Waals surface area contributed by atoms with Crippen molar-refractivity contribution < 1.29 is 19.1 Å². The van der Waals surface area contributed by atoms with Gasteiger partial charge >= 0.3 is 11.9 Å². The molecule has 1 spiro atoms. The summed E-state index contributed by atoms with van der Waals surface area (Å²) < 4.78 is 11.6. The van der Waals surface area contributed by atoms with Crippen LogP contribution in [-0.4, -0.2) is 41.8 Å². The van der Waals surface area contributed by atoms with E-state index in [0.29, 0.717) is 12.3 Å². The van der Waals surface area contributed by atoms with Crippen LogP contribution in [0.2, 0.25) is 0 Å². The van der Waals surface area contributed by atoms with Gasteiger partial charge in [-0.25, -0.2) is 9.59 Å². The lowest BCUT2D eigenvalue weighted by atomic mass is 9.60. The van der Waals surface area contributed by atoms with Crippen molar-refractivity contribution in [3.05, 3.63) is 48.0 Å². The van der Waals surface area contributed by atoms with Gasteiger partial charge in [-0.05, 0) is 17.9 Å². The Morgan fingerprint density at radius 2 is 1.92 bits per heavy atom. The highest BCUT2D eigenvalue weighted by Gasteiger charge is 2.69. The highest BCUT2D eigenvalue weighted by atomic mass is 16.6. The third-order valence-electron chi connectivity index (χ3n) is 5.73. The standard InChI is InChI=1S/C20H23NO4/c1-2-3-11-21-13-16-15(14-7-5-4-6-8-14)12-20(16)19(21)24-17(22)9-10-18(23)25-20/h4-10,15-16,19H,2-3,11-13H2,1H3/b10-9-. The molecule has 5 nitrogen and oxygen atoms in total. The third-order valence-corrected chi connectivity index (χ3v) is 5.73. The number of ether oxygens (including phenoxy) is 2. The van der Waals surface area contributed by atoms with Crippen molar-refractivity contribution in [1.82, 2.24) is 4.90 Å². The smallest absolute Gasteiger partial charge is 0.332 e. The van der Waals surface area contributed by atoms with E-state index in [1.165, 1.54) is 11.6 Å². The maximum atomic E-state index is 12.1. The van der Waals surface area contributed by atoms with Gasteiger partial charge in [-0.2, -0.15) is 0 Å². The highest BCUT2D eigenvalue weighted by molar-refractivity contribution is 5.92. The predicted octanol–water partition coefficient (Wildman–Crippen LogP) is 2.63. The minimum atomic E-state index is -0.717. The molecule has 1 aromatic rings. The fourth-order valence-electron chi connectivity index (χ4n) is 4.51. The average Bonchev–Trinajstić information content (AvgIpc) is 2.80. The van der Waals surface area contributed by atoms with Gasteiger partial charge in [-0.1, -0.05) is 43.7 Å². The molecule has 1 saturated heterocycles. The van der Waals surface area contributed by atoms with Gasteiger partial charge in [0.2, 0.25) is 0 Å². The van der Waals surface area contributed by atoms with Gasteiger partial charge in [-0.15, -0.1) is 0 Å². The lowest BCUT2D eigenvalue weighted by molar-refractivity contribution is -0.217. The Morgan fingerprint density at radius 1 is 1.16 bits per heavy atom. The summed E-state index contributed by atoms with van der Waals surface area (Å²) in [5.74, 6) is -0.438. The van der Waals surface area contributed by atoms with Crippen LogP contribution in [0.1, 0.15) is 37.7 Å². The SMILES string of the molecule is CCCCN1CC2C(c3ccccc3)CC23OC(=O)/C=C\C(=O)OC13. The quantitative estimate of drug-likeness (QED) is 0.788. The number of benzene rings is 1. The van der Waals surface area contributed by atoms with Crippen LogP contribution >= 0.6 is 0 Å². The molecule has 25 heavy (non-hydrogen) atoms. The molecule has 4 atom stereocenters. The first kappa shape index (κ1) is 16.3. The second kappa shape index (κ2) is 6.30. The van der Waals surface area contributed by atoms with E-state index in [9.17, 15) is 9.59 Å². The van der Waals surface area contributed by atoms with Gasteiger partial charge in [0, 0.05) is 37.6 Å². The van der Waals surface area contributed by atoms with Crippen LogP contribution in [0.4, 0.5) is 0 Å². The summed E-state index contributed by atoms with van der Waals surface area (Å²) in [4.78, 5) is 26.3. The normalized spacial score (nSPS) is 35.5. The molecule has 0 amide bonds. The maximum absolute atomic E-state index is 12.1. The van der Waals surface area contributed by atoms with Gasteiger partial charge in [0.15, 0.2) is 11.8 Å². The first-order chi connectivity index (χ1) is 12.1. The molecule has 4 unspecified atom stereocenters. The molecule has 2 aliphatic heterocycles. The summed E-state index contributed by atoms with van der Waals surface area (Å²) in [5, 5.41) is 0. The van der Waals surface area contributed by atoms with E-state index in [0.717, 1.165) is 32.0 Å². The van der Waals surface area contributed by atoms with Gasteiger partial charge in [-0.3, -0.25) is 4.90 Å². The maximum Gasteiger partial charge on any atom is 0.332 e. The van der Waals surface area contributed by atoms with Crippen LogP contribution in [0.25, 0.3) is 0 Å². The van der Waals surface area contributed by atoms with Crippen LogP contribution in [0.3, 0.4) is 0 Å². The van der Waals surface area contributed by atoms with Crippen LogP contribution < -0.4 is 0 Å². The number of carbonyl (C=O) groups is 2. The van der Waals surface area contributed by atoms with Gasteiger partial charge < -0.3 is 9.47 Å². The molecule has 4 rings (SSSR count). The zero-order valence-electron chi connectivity index (χ0n) is 14.4. The van der Waals surface area contributed by atoms with E-state index in [4.69, 9.17) is 9.47 Å². The van der Waals surface area contributed by atoms with Gasteiger partial charge in [0.05, 0.1) is 0 Å². The highest BCUT2D eigenvalue weighted by Crippen LogP contribution is 2.59. The van der Waals surface area contributed by atoms with Crippen molar-refractivity contribution in [2.75, 3.05) is 13.1 Å². The number of hydrogen-bond acceptors (Lipinski definition) is 5. The molecule has 0 N–H and O–H groups in total. The predicted molar refractivity (Wildman–Crippen MR) is 91.6 cm³/mol. The number of unbranched alkanes of at least 4 members (excludes halogenated alkanes) is 1. The Hall–Kier alpha value is -2.14. The van der Waals surface area contributed by atoms with Crippen LogP contribution in [0, 0.1) is 5.92 Å². The third kappa shape index (κ3) is 2.67. The fraction of sp³-hybridized carbons (Fsp3) is 0.500. The second-order valence-electron chi connectivity index (χ2n) is 7.17. The van der Waals surface area contributed by atoms with E-state index in [2.05, 4.69) is 24.0 Å². The topological polar surface area (TPSA) is 55.8 Å². The molecule has 3 aliphatic rings. The zero-order chi connectivity index (χ0) is 17.4. The van der Waals surface area contributed by atoms with Crippen molar-refractivity contribution in [2.45, 2.75) is 43.9 Å². The van der Waals surface area contributed by atoms with Crippen LogP contribution in [0.15, 0.2) is 42.5 Å². The number of hydrogen-bond donors (Lipinski definition) is 0. The van der Waals surface area contributed by atoms with Crippen LogP contribution in [-0.2, 0) is 19.1 Å². The number of likely N-dealkylation sites (tertiary alicyclic amines) is 1. The van der Waals surface area contributed by atoms with Crippen molar-refractivity contribution in [3.8, 4) is 0 Å². The van der Waals surface area contributed by atoms with E-state index < -0.39 is 23.8 Å². The summed E-state index contributed by atoms with van der Waals surface area (Å²) in [6.45, 7) is 3.76. The van der Waals surface area contributed by atoms with E-state index in [1.807, 2.05) is 18.2 Å². The average molecular weight is 341 g/mol. The summed E-state index contributed by atoms with van der Waals surface area (Å²) in [6.07, 6.45) is 4.64. The van der Waals surface area contributed by atoms with Crippen molar-refractivity contribution >= 4 is 11.9 Å². The Bertz CT molecular complexity index is 701. The van der Waals surface area contributed by atoms with Crippen LogP contribution in [0.5, 0.6) is 0 Å². The molecule has 5 heteroatoms. The largest absolute Gasteiger partial charge is 0.450 e. The van der Waals surface area contributed by atoms with Crippen molar-refractivity contribution in [1.29, 1.82) is 0 Å². The van der Waals surface area contributed by atoms with Gasteiger partial charge in [0.1, 0.15) is 0 Å². The lowest BCUT2D eigenvalue weighted by Crippen LogP contribution is -2.61. The molecule has 1 aliphatic carbocycles. The molecule has 1 aromatic carbocycles. The van der Waals surface area contributed by atoms with Crippen molar-refractivity contribution in [3.63, 3.8) is 0 Å². The summed E-state index contributed by atoms with van der Waals surface area (Å²) in [7, 11) is 0. The molecule has 0 aromatic heterocycles.